The molecule has 2 N–H and O–H groups in total. The second-order valence-corrected chi connectivity index (χ2v) is 5.14. The van der Waals surface area contributed by atoms with Gasteiger partial charge in [-0.1, -0.05) is 0 Å². The highest BCUT2D eigenvalue weighted by atomic mass is 16.2. The van der Waals surface area contributed by atoms with Crippen molar-refractivity contribution in [3.63, 3.8) is 0 Å². The molecule has 1 aliphatic heterocycles. The number of hydrogen-bond donors (Lipinski definition) is 2. The number of pyridine rings is 1. The van der Waals surface area contributed by atoms with Crippen molar-refractivity contribution in [3.05, 3.63) is 57.5 Å². The Hall–Kier alpha value is -3.03. The van der Waals surface area contributed by atoms with Gasteiger partial charge in [-0.15, -0.1) is 0 Å². The van der Waals surface area contributed by atoms with Crippen LogP contribution >= 0.6 is 0 Å². The summed E-state index contributed by atoms with van der Waals surface area (Å²) >= 11 is 0. The van der Waals surface area contributed by atoms with Crippen LogP contribution in [0.2, 0.25) is 0 Å². The number of aromatic nitrogens is 3. The summed E-state index contributed by atoms with van der Waals surface area (Å²) in [5.41, 5.74) is 1.74. The van der Waals surface area contributed by atoms with Gasteiger partial charge in [-0.05, 0) is 18.6 Å². The molecule has 0 spiro atoms. The summed E-state index contributed by atoms with van der Waals surface area (Å²) in [5, 5.41) is 2.47. The third kappa shape index (κ3) is 2.83. The summed E-state index contributed by atoms with van der Waals surface area (Å²) in [6, 6.07) is 3.08. The maximum absolute atomic E-state index is 12.5. The van der Waals surface area contributed by atoms with Gasteiger partial charge in [0.15, 0.2) is 0 Å². The number of rotatable bonds is 2. The Morgan fingerprint density at radius 1 is 1.30 bits per heavy atom. The molecule has 2 aromatic heterocycles. The van der Waals surface area contributed by atoms with Gasteiger partial charge in [0.05, 0.1) is 24.1 Å². The minimum Gasteiger partial charge on any atom is -0.354 e. The van der Waals surface area contributed by atoms with E-state index in [-0.39, 0.29) is 29.6 Å². The Kier molecular flexibility index (Phi) is 3.88. The zero-order valence-electron chi connectivity index (χ0n) is 12.5. The van der Waals surface area contributed by atoms with E-state index in [2.05, 4.69) is 20.3 Å². The molecular formula is C15H15N5O3. The average Bonchev–Trinajstić information content (AvgIpc) is 2.60. The summed E-state index contributed by atoms with van der Waals surface area (Å²) in [6.45, 7) is 0.729. The standard InChI is InChI=1S/C15H15N5O3/c1-16-14(22)11-3-2-9(6-17-11)15(23)20-5-4-10-12(7-20)18-8-19-13(10)21/h2-3,6,8H,4-5,7H2,1H3,(H,16,22)(H,18,19,21). The molecule has 0 fully saturated rings. The monoisotopic (exact) mass is 313 g/mol. The molecule has 2 amide bonds. The summed E-state index contributed by atoms with van der Waals surface area (Å²) in [6.07, 6.45) is 3.19. The van der Waals surface area contributed by atoms with Gasteiger partial charge in [0.1, 0.15) is 5.69 Å². The van der Waals surface area contributed by atoms with E-state index in [1.54, 1.807) is 11.0 Å². The molecule has 8 nitrogen and oxygen atoms in total. The van der Waals surface area contributed by atoms with E-state index in [0.717, 1.165) is 0 Å². The maximum Gasteiger partial charge on any atom is 0.269 e. The Bertz CT molecular complexity index is 813. The Labute approximate surface area is 131 Å². The van der Waals surface area contributed by atoms with Crippen molar-refractivity contribution < 1.29 is 9.59 Å². The third-order valence-corrected chi connectivity index (χ3v) is 3.77. The smallest absolute Gasteiger partial charge is 0.269 e. The fourth-order valence-electron chi connectivity index (χ4n) is 2.50. The van der Waals surface area contributed by atoms with Crippen LogP contribution in [-0.4, -0.2) is 45.3 Å². The minimum atomic E-state index is -0.306. The normalized spacial score (nSPS) is 13.3. The lowest BCUT2D eigenvalue weighted by Gasteiger charge is -2.27. The Morgan fingerprint density at radius 3 is 2.83 bits per heavy atom. The number of hydrogen-bond acceptors (Lipinski definition) is 5. The lowest BCUT2D eigenvalue weighted by Crippen LogP contribution is -2.39. The highest BCUT2D eigenvalue weighted by Crippen LogP contribution is 2.15. The largest absolute Gasteiger partial charge is 0.354 e. The van der Waals surface area contributed by atoms with Crippen molar-refractivity contribution in [2.45, 2.75) is 13.0 Å². The first-order chi connectivity index (χ1) is 11.1. The molecule has 3 rings (SSSR count). The first-order valence-electron chi connectivity index (χ1n) is 7.13. The lowest BCUT2D eigenvalue weighted by molar-refractivity contribution is 0.0730. The van der Waals surface area contributed by atoms with Gasteiger partial charge in [0, 0.05) is 25.4 Å². The highest BCUT2D eigenvalue weighted by Gasteiger charge is 2.24. The SMILES string of the molecule is CNC(=O)c1ccc(C(=O)N2CCc3c(nc[nH]c3=O)C2)cn1. The van der Waals surface area contributed by atoms with Gasteiger partial charge in [0.25, 0.3) is 17.4 Å². The summed E-state index contributed by atoms with van der Waals surface area (Å²) in [7, 11) is 1.52. The molecule has 1 aliphatic rings. The second-order valence-electron chi connectivity index (χ2n) is 5.14. The van der Waals surface area contributed by atoms with Crippen LogP contribution in [0.25, 0.3) is 0 Å². The van der Waals surface area contributed by atoms with E-state index < -0.39 is 0 Å². The molecule has 0 aromatic carbocycles. The van der Waals surface area contributed by atoms with E-state index in [4.69, 9.17) is 0 Å². The predicted molar refractivity (Wildman–Crippen MR) is 80.9 cm³/mol. The van der Waals surface area contributed by atoms with Crippen LogP contribution in [-0.2, 0) is 13.0 Å². The first kappa shape index (κ1) is 14.9. The molecule has 3 heterocycles. The number of amides is 2. The van der Waals surface area contributed by atoms with Crippen molar-refractivity contribution >= 4 is 11.8 Å². The van der Waals surface area contributed by atoms with Crippen LogP contribution < -0.4 is 10.9 Å². The quantitative estimate of drug-likeness (QED) is 0.793. The highest BCUT2D eigenvalue weighted by molar-refractivity contribution is 5.96. The zero-order valence-corrected chi connectivity index (χ0v) is 12.5. The van der Waals surface area contributed by atoms with Crippen molar-refractivity contribution in [3.8, 4) is 0 Å². The van der Waals surface area contributed by atoms with Crippen LogP contribution in [0.15, 0.2) is 29.5 Å². The fraction of sp³-hybridized carbons (Fsp3) is 0.267. The molecule has 0 radical (unpaired) electrons. The predicted octanol–water partition coefficient (Wildman–Crippen LogP) is -0.277. The molecule has 0 saturated carbocycles. The van der Waals surface area contributed by atoms with Gasteiger partial charge in [-0.2, -0.15) is 0 Å². The van der Waals surface area contributed by atoms with Crippen LogP contribution in [0.5, 0.6) is 0 Å². The number of fused-ring (bicyclic) bond motifs is 1. The van der Waals surface area contributed by atoms with E-state index in [9.17, 15) is 14.4 Å². The third-order valence-electron chi connectivity index (χ3n) is 3.77. The van der Waals surface area contributed by atoms with Crippen molar-refractivity contribution in [2.24, 2.45) is 0 Å². The summed E-state index contributed by atoms with van der Waals surface area (Å²) in [4.78, 5) is 48.0. The molecule has 23 heavy (non-hydrogen) atoms. The first-order valence-corrected chi connectivity index (χ1v) is 7.13. The van der Waals surface area contributed by atoms with Crippen LogP contribution in [0.1, 0.15) is 32.1 Å². The van der Waals surface area contributed by atoms with E-state index in [1.807, 2.05) is 0 Å². The van der Waals surface area contributed by atoms with E-state index >= 15 is 0 Å². The van der Waals surface area contributed by atoms with Crippen LogP contribution in [0, 0.1) is 0 Å². The van der Waals surface area contributed by atoms with Crippen LogP contribution in [0.3, 0.4) is 0 Å². The second kappa shape index (κ2) is 5.99. The van der Waals surface area contributed by atoms with Crippen LogP contribution in [0.4, 0.5) is 0 Å². The zero-order chi connectivity index (χ0) is 16.4. The average molecular weight is 313 g/mol. The number of carbonyl (C=O) groups excluding carboxylic acids is 2. The molecule has 0 unspecified atom stereocenters. The fourth-order valence-corrected chi connectivity index (χ4v) is 2.50. The Balaban J connectivity index is 1.79. The molecule has 118 valence electrons. The Morgan fingerprint density at radius 2 is 2.13 bits per heavy atom. The van der Waals surface area contributed by atoms with Gasteiger partial charge >= 0.3 is 0 Å². The molecule has 0 aliphatic carbocycles. The summed E-state index contributed by atoms with van der Waals surface area (Å²) < 4.78 is 0. The van der Waals surface area contributed by atoms with Gasteiger partial charge in [-0.25, -0.2) is 4.98 Å². The molecule has 0 saturated heterocycles. The molecular weight excluding hydrogens is 298 g/mol. The summed E-state index contributed by atoms with van der Waals surface area (Å²) in [5.74, 6) is -0.506. The van der Waals surface area contributed by atoms with Crippen molar-refractivity contribution in [1.82, 2.24) is 25.2 Å². The molecule has 0 atom stereocenters. The van der Waals surface area contributed by atoms with Crippen molar-refractivity contribution in [1.29, 1.82) is 0 Å². The number of carbonyl (C=O) groups is 2. The van der Waals surface area contributed by atoms with E-state index in [0.29, 0.717) is 29.8 Å². The number of nitrogens with zero attached hydrogens (tertiary/aromatic N) is 3. The van der Waals surface area contributed by atoms with Gasteiger partial charge < -0.3 is 15.2 Å². The van der Waals surface area contributed by atoms with E-state index in [1.165, 1.54) is 25.6 Å². The molecule has 2 aromatic rings. The number of aromatic amines is 1. The topological polar surface area (TPSA) is 108 Å². The maximum atomic E-state index is 12.5. The molecule has 8 heteroatoms. The number of nitrogens with one attached hydrogen (secondary N) is 2. The van der Waals surface area contributed by atoms with Crippen molar-refractivity contribution in [2.75, 3.05) is 13.6 Å². The van der Waals surface area contributed by atoms with Gasteiger partial charge in [-0.3, -0.25) is 19.4 Å². The number of H-pyrrole nitrogens is 1. The molecule has 0 bridgehead atoms. The lowest BCUT2D eigenvalue weighted by atomic mass is 10.1. The van der Waals surface area contributed by atoms with Gasteiger partial charge in [0.2, 0.25) is 0 Å². The minimum absolute atomic E-state index is 0.154.